The Morgan fingerprint density at radius 1 is 0.964 bits per heavy atom. The third-order valence-corrected chi connectivity index (χ3v) is 8.35. The molecule has 1 aliphatic heterocycles. The molecular formula is C26H52N2. The molecule has 28 heavy (non-hydrogen) atoms. The third-order valence-electron chi connectivity index (χ3n) is 8.35. The predicted molar refractivity (Wildman–Crippen MR) is 125 cm³/mol. The van der Waals surface area contributed by atoms with Crippen LogP contribution in [0.15, 0.2) is 0 Å². The molecular weight excluding hydrogens is 340 g/mol. The van der Waals surface area contributed by atoms with Crippen LogP contribution in [0.3, 0.4) is 0 Å². The fraction of sp³-hybridized carbons (Fsp3) is 1.00. The Bertz CT molecular complexity index is 407. The first-order valence-electron chi connectivity index (χ1n) is 12.9. The normalized spacial score (nSPS) is 27.8. The Labute approximate surface area is 177 Å². The van der Waals surface area contributed by atoms with Gasteiger partial charge >= 0.3 is 0 Å². The number of likely N-dealkylation sites (tertiary alicyclic amines) is 1. The zero-order valence-electron chi connectivity index (χ0n) is 19.9. The van der Waals surface area contributed by atoms with E-state index in [1.165, 1.54) is 103 Å². The number of rotatable bonds is 13. The van der Waals surface area contributed by atoms with Crippen molar-refractivity contribution in [3.05, 3.63) is 0 Å². The summed E-state index contributed by atoms with van der Waals surface area (Å²) in [7, 11) is 0. The number of fused-ring (bicyclic) bond motifs is 1. The summed E-state index contributed by atoms with van der Waals surface area (Å²) in [6.45, 7) is 12.2. The minimum absolute atomic E-state index is 0.543. The first-order chi connectivity index (χ1) is 13.5. The third kappa shape index (κ3) is 7.63. The molecule has 0 radical (unpaired) electrons. The van der Waals surface area contributed by atoms with Gasteiger partial charge in [0.1, 0.15) is 0 Å². The lowest BCUT2D eigenvalue weighted by Crippen LogP contribution is -2.50. The molecule has 2 rings (SSSR count). The fourth-order valence-corrected chi connectivity index (χ4v) is 6.38. The maximum absolute atomic E-state index is 5.66. The van der Waals surface area contributed by atoms with E-state index < -0.39 is 0 Å². The van der Waals surface area contributed by atoms with Gasteiger partial charge in [-0.25, -0.2) is 0 Å². The van der Waals surface area contributed by atoms with Gasteiger partial charge in [0.25, 0.3) is 0 Å². The first-order valence-corrected chi connectivity index (χ1v) is 12.9. The SMILES string of the molecule is CCC(C)(CCCCCN)CC(C)CCCC(C)N1CCCC2CCCCC21. The molecule has 2 nitrogen and oxygen atoms in total. The van der Waals surface area contributed by atoms with Crippen LogP contribution in [-0.4, -0.2) is 30.1 Å². The summed E-state index contributed by atoms with van der Waals surface area (Å²) >= 11 is 0. The zero-order valence-corrected chi connectivity index (χ0v) is 19.9. The van der Waals surface area contributed by atoms with E-state index in [0.29, 0.717) is 5.41 Å². The number of unbranched alkanes of at least 4 members (excludes halogenated alkanes) is 2. The average Bonchev–Trinajstić information content (AvgIpc) is 2.70. The van der Waals surface area contributed by atoms with Crippen molar-refractivity contribution in [2.45, 2.75) is 136 Å². The van der Waals surface area contributed by atoms with Crippen molar-refractivity contribution in [2.24, 2.45) is 23.0 Å². The summed E-state index contributed by atoms with van der Waals surface area (Å²) in [5, 5.41) is 0. The standard InChI is InChI=1S/C26H52N2/c1-5-26(4,18-9-6-10-19-27)21-22(2)13-11-14-23(3)28-20-12-16-24-15-7-8-17-25(24)28/h22-25H,5-21,27H2,1-4H3. The molecule has 5 atom stereocenters. The van der Waals surface area contributed by atoms with Gasteiger partial charge in [-0.15, -0.1) is 0 Å². The lowest BCUT2D eigenvalue weighted by molar-refractivity contribution is 0.0275. The number of hydrogen-bond donors (Lipinski definition) is 1. The molecule has 166 valence electrons. The van der Waals surface area contributed by atoms with Gasteiger partial charge in [0.05, 0.1) is 0 Å². The highest BCUT2D eigenvalue weighted by atomic mass is 15.2. The van der Waals surface area contributed by atoms with Gasteiger partial charge < -0.3 is 5.73 Å². The van der Waals surface area contributed by atoms with E-state index in [1.54, 1.807) is 0 Å². The van der Waals surface area contributed by atoms with E-state index in [9.17, 15) is 0 Å². The molecule has 0 aromatic rings. The zero-order chi connectivity index (χ0) is 20.4. The molecule has 2 N–H and O–H groups in total. The summed E-state index contributed by atoms with van der Waals surface area (Å²) in [5.74, 6) is 1.89. The maximum Gasteiger partial charge on any atom is 0.0126 e. The Balaban J connectivity index is 1.69. The van der Waals surface area contributed by atoms with E-state index in [4.69, 9.17) is 5.73 Å². The summed E-state index contributed by atoms with van der Waals surface area (Å²) < 4.78 is 0. The van der Waals surface area contributed by atoms with Crippen molar-refractivity contribution >= 4 is 0 Å². The molecule has 0 aromatic carbocycles. The second-order valence-corrected chi connectivity index (χ2v) is 10.8. The van der Waals surface area contributed by atoms with E-state index >= 15 is 0 Å². The molecule has 0 spiro atoms. The number of nitrogens with zero attached hydrogens (tertiary/aromatic N) is 1. The molecule has 0 amide bonds. The van der Waals surface area contributed by atoms with Crippen molar-refractivity contribution in [2.75, 3.05) is 13.1 Å². The van der Waals surface area contributed by atoms with Gasteiger partial charge in [0.2, 0.25) is 0 Å². The number of nitrogens with two attached hydrogens (primary N) is 1. The van der Waals surface area contributed by atoms with Crippen molar-refractivity contribution in [1.29, 1.82) is 0 Å². The quantitative estimate of drug-likeness (QED) is 0.337. The van der Waals surface area contributed by atoms with Crippen LogP contribution in [0.4, 0.5) is 0 Å². The van der Waals surface area contributed by atoms with Crippen LogP contribution in [0.5, 0.6) is 0 Å². The Morgan fingerprint density at radius 3 is 2.46 bits per heavy atom. The molecule has 1 saturated carbocycles. The second kappa shape index (κ2) is 12.6. The minimum Gasteiger partial charge on any atom is -0.330 e. The van der Waals surface area contributed by atoms with Crippen LogP contribution in [0.25, 0.3) is 0 Å². The van der Waals surface area contributed by atoms with E-state index in [2.05, 4.69) is 32.6 Å². The fourth-order valence-electron chi connectivity index (χ4n) is 6.38. The summed E-state index contributed by atoms with van der Waals surface area (Å²) in [6, 6.07) is 1.72. The Kier molecular flexibility index (Phi) is 10.9. The molecule has 5 unspecified atom stereocenters. The van der Waals surface area contributed by atoms with E-state index in [0.717, 1.165) is 30.5 Å². The largest absolute Gasteiger partial charge is 0.330 e. The highest BCUT2D eigenvalue weighted by Gasteiger charge is 2.35. The topological polar surface area (TPSA) is 29.3 Å². The van der Waals surface area contributed by atoms with Gasteiger partial charge in [-0.1, -0.05) is 65.7 Å². The Morgan fingerprint density at radius 2 is 1.71 bits per heavy atom. The smallest absolute Gasteiger partial charge is 0.0126 e. The van der Waals surface area contributed by atoms with Crippen LogP contribution in [0.1, 0.15) is 124 Å². The van der Waals surface area contributed by atoms with Crippen molar-refractivity contribution < 1.29 is 0 Å². The highest BCUT2D eigenvalue weighted by Crippen LogP contribution is 2.38. The minimum atomic E-state index is 0.543. The van der Waals surface area contributed by atoms with Crippen LogP contribution in [0.2, 0.25) is 0 Å². The second-order valence-electron chi connectivity index (χ2n) is 10.8. The van der Waals surface area contributed by atoms with Crippen molar-refractivity contribution in [3.63, 3.8) is 0 Å². The predicted octanol–water partition coefficient (Wildman–Crippen LogP) is 7.16. The molecule has 1 heterocycles. The monoisotopic (exact) mass is 392 g/mol. The van der Waals surface area contributed by atoms with Crippen LogP contribution in [0, 0.1) is 17.3 Å². The molecule has 2 fully saturated rings. The molecule has 2 aliphatic rings. The summed E-state index contributed by atoms with van der Waals surface area (Å²) in [4.78, 5) is 2.92. The van der Waals surface area contributed by atoms with E-state index in [1.807, 2.05) is 0 Å². The van der Waals surface area contributed by atoms with Gasteiger partial charge in [-0.2, -0.15) is 0 Å². The molecule has 0 aromatic heterocycles. The number of hydrogen-bond acceptors (Lipinski definition) is 2. The lowest BCUT2D eigenvalue weighted by atomic mass is 9.74. The van der Waals surface area contributed by atoms with Gasteiger partial charge in [0, 0.05) is 12.1 Å². The molecule has 0 bridgehead atoms. The summed E-state index contributed by atoms with van der Waals surface area (Å²) in [6.07, 6.45) is 21.2. The van der Waals surface area contributed by atoms with Crippen LogP contribution < -0.4 is 5.73 Å². The average molecular weight is 393 g/mol. The van der Waals surface area contributed by atoms with Crippen LogP contribution >= 0.6 is 0 Å². The first kappa shape index (κ1) is 24.2. The number of piperidine rings is 1. The van der Waals surface area contributed by atoms with Crippen molar-refractivity contribution in [1.82, 2.24) is 4.90 Å². The van der Waals surface area contributed by atoms with Crippen molar-refractivity contribution in [3.8, 4) is 0 Å². The van der Waals surface area contributed by atoms with Gasteiger partial charge in [-0.3, -0.25) is 4.90 Å². The summed E-state index contributed by atoms with van der Waals surface area (Å²) in [5.41, 5.74) is 6.20. The van der Waals surface area contributed by atoms with Crippen LogP contribution in [-0.2, 0) is 0 Å². The maximum atomic E-state index is 5.66. The van der Waals surface area contributed by atoms with Gasteiger partial charge in [0.15, 0.2) is 0 Å². The van der Waals surface area contributed by atoms with E-state index in [-0.39, 0.29) is 0 Å². The lowest BCUT2D eigenvalue weighted by Gasteiger charge is -2.47. The molecule has 2 heteroatoms. The van der Waals surface area contributed by atoms with Gasteiger partial charge in [-0.05, 0) is 88.6 Å². The molecule has 1 aliphatic carbocycles. The molecule has 1 saturated heterocycles. The highest BCUT2D eigenvalue weighted by molar-refractivity contribution is 4.89. The Hall–Kier alpha value is -0.0800.